The molecule has 5 rings (SSSR count). The first-order valence-electron chi connectivity index (χ1n) is 10.7. The molecule has 4 N–H and O–H groups in total. The van der Waals surface area contributed by atoms with Crippen molar-refractivity contribution in [2.45, 2.75) is 25.8 Å². The minimum absolute atomic E-state index is 0. The Morgan fingerprint density at radius 1 is 1.09 bits per heavy atom. The highest BCUT2D eigenvalue weighted by Crippen LogP contribution is 2.27. The monoisotopic (exact) mass is 476 g/mol. The van der Waals surface area contributed by atoms with Crippen LogP contribution in [-0.4, -0.2) is 47.1 Å². The SMILES string of the molecule is Cl.Cl.N=C(N)N1CCc2ccc(OCC3CCN(c4nc5ccccc5[nH]4)CC3)cc2C1. The third kappa shape index (κ3) is 5.05. The predicted octanol–water partition coefficient (Wildman–Crippen LogP) is 3.95. The Hall–Kier alpha value is -2.64. The van der Waals surface area contributed by atoms with Crippen LogP contribution in [0.25, 0.3) is 11.0 Å². The third-order valence-corrected chi connectivity index (χ3v) is 6.31. The van der Waals surface area contributed by atoms with Crippen LogP contribution >= 0.6 is 24.8 Å². The summed E-state index contributed by atoms with van der Waals surface area (Å²) in [5.41, 5.74) is 10.3. The number of fused-ring (bicyclic) bond motifs is 2. The molecule has 1 saturated heterocycles. The summed E-state index contributed by atoms with van der Waals surface area (Å²) in [6.07, 6.45) is 3.12. The van der Waals surface area contributed by atoms with Gasteiger partial charge in [-0.15, -0.1) is 24.8 Å². The van der Waals surface area contributed by atoms with Crippen molar-refractivity contribution in [3.63, 3.8) is 0 Å². The van der Waals surface area contributed by atoms with Gasteiger partial charge in [0.25, 0.3) is 0 Å². The quantitative estimate of drug-likeness (QED) is 0.391. The second-order valence-electron chi connectivity index (χ2n) is 8.31. The van der Waals surface area contributed by atoms with E-state index in [0.29, 0.717) is 12.5 Å². The maximum atomic E-state index is 7.67. The van der Waals surface area contributed by atoms with Crippen LogP contribution in [-0.2, 0) is 13.0 Å². The van der Waals surface area contributed by atoms with Gasteiger partial charge in [-0.3, -0.25) is 5.41 Å². The molecule has 172 valence electrons. The van der Waals surface area contributed by atoms with Gasteiger partial charge in [0.15, 0.2) is 5.96 Å². The lowest BCUT2D eigenvalue weighted by Crippen LogP contribution is -2.40. The number of imidazole rings is 1. The number of guanidine groups is 1. The van der Waals surface area contributed by atoms with Crippen LogP contribution in [0.5, 0.6) is 5.75 Å². The molecule has 3 heterocycles. The number of rotatable bonds is 4. The van der Waals surface area contributed by atoms with Crippen molar-refractivity contribution in [3.05, 3.63) is 53.6 Å². The van der Waals surface area contributed by atoms with Crippen LogP contribution in [0.3, 0.4) is 0 Å². The number of hydrogen-bond acceptors (Lipinski definition) is 4. The van der Waals surface area contributed by atoms with E-state index in [2.05, 4.69) is 34.1 Å². The van der Waals surface area contributed by atoms with Gasteiger partial charge in [-0.25, -0.2) is 4.98 Å². The number of anilines is 1. The first kappa shape index (κ1) is 24.0. The zero-order chi connectivity index (χ0) is 20.5. The van der Waals surface area contributed by atoms with Gasteiger partial charge in [-0.1, -0.05) is 18.2 Å². The summed E-state index contributed by atoms with van der Waals surface area (Å²) in [5, 5.41) is 7.67. The Bertz CT molecular complexity index is 1030. The molecule has 0 spiro atoms. The maximum absolute atomic E-state index is 7.67. The minimum atomic E-state index is 0. The minimum Gasteiger partial charge on any atom is -0.493 e. The highest BCUT2D eigenvalue weighted by atomic mass is 35.5. The largest absolute Gasteiger partial charge is 0.493 e. The zero-order valence-electron chi connectivity index (χ0n) is 17.9. The van der Waals surface area contributed by atoms with Gasteiger partial charge in [0.1, 0.15) is 5.75 Å². The van der Waals surface area contributed by atoms with Crippen LogP contribution in [0.1, 0.15) is 24.0 Å². The van der Waals surface area contributed by atoms with Crippen molar-refractivity contribution in [3.8, 4) is 5.75 Å². The van der Waals surface area contributed by atoms with E-state index in [1.54, 1.807) is 0 Å². The van der Waals surface area contributed by atoms with Crippen molar-refractivity contribution in [2.24, 2.45) is 11.7 Å². The van der Waals surface area contributed by atoms with Crippen molar-refractivity contribution < 1.29 is 4.74 Å². The van der Waals surface area contributed by atoms with E-state index in [9.17, 15) is 0 Å². The lowest BCUT2D eigenvalue weighted by molar-refractivity contribution is 0.222. The summed E-state index contributed by atoms with van der Waals surface area (Å²) >= 11 is 0. The second kappa shape index (κ2) is 10.3. The Morgan fingerprint density at radius 3 is 2.62 bits per heavy atom. The van der Waals surface area contributed by atoms with E-state index in [4.69, 9.17) is 20.9 Å². The number of nitrogens with two attached hydrogens (primary N) is 1. The van der Waals surface area contributed by atoms with Crippen LogP contribution < -0.4 is 15.4 Å². The van der Waals surface area contributed by atoms with Crippen molar-refractivity contribution >= 4 is 47.8 Å². The molecule has 2 aliphatic rings. The molecule has 0 bridgehead atoms. The van der Waals surface area contributed by atoms with Crippen LogP contribution in [0.4, 0.5) is 5.95 Å². The van der Waals surface area contributed by atoms with E-state index < -0.39 is 0 Å². The fourth-order valence-corrected chi connectivity index (χ4v) is 4.44. The second-order valence-corrected chi connectivity index (χ2v) is 8.31. The topological polar surface area (TPSA) is 94.3 Å². The van der Waals surface area contributed by atoms with Crippen molar-refractivity contribution in [1.82, 2.24) is 14.9 Å². The van der Waals surface area contributed by atoms with Crippen molar-refractivity contribution in [1.29, 1.82) is 5.41 Å². The van der Waals surface area contributed by atoms with E-state index in [1.807, 2.05) is 23.1 Å². The molecular formula is C23H30Cl2N6O. The number of ether oxygens (including phenoxy) is 1. The van der Waals surface area contributed by atoms with Gasteiger partial charge in [0, 0.05) is 26.2 Å². The average Bonchev–Trinajstić information content (AvgIpc) is 3.22. The summed E-state index contributed by atoms with van der Waals surface area (Å²) in [7, 11) is 0. The van der Waals surface area contributed by atoms with Crippen LogP contribution in [0.15, 0.2) is 42.5 Å². The molecule has 0 saturated carbocycles. The summed E-state index contributed by atoms with van der Waals surface area (Å²) < 4.78 is 6.15. The molecule has 32 heavy (non-hydrogen) atoms. The van der Waals surface area contributed by atoms with Gasteiger partial charge in [-0.05, 0) is 60.6 Å². The lowest BCUT2D eigenvalue weighted by atomic mass is 9.97. The maximum Gasteiger partial charge on any atom is 0.203 e. The summed E-state index contributed by atoms with van der Waals surface area (Å²) in [6, 6.07) is 14.5. The Morgan fingerprint density at radius 2 is 1.88 bits per heavy atom. The number of piperidine rings is 1. The van der Waals surface area contributed by atoms with Gasteiger partial charge < -0.3 is 25.3 Å². The number of halogens is 2. The number of nitrogens with zero attached hydrogens (tertiary/aromatic N) is 3. The van der Waals surface area contributed by atoms with E-state index in [0.717, 1.165) is 68.2 Å². The fraction of sp³-hybridized carbons (Fsp3) is 0.391. The molecule has 0 atom stereocenters. The normalized spacial score (nSPS) is 16.1. The smallest absolute Gasteiger partial charge is 0.203 e. The Labute approximate surface area is 200 Å². The number of aromatic amines is 1. The van der Waals surface area contributed by atoms with Gasteiger partial charge in [0.2, 0.25) is 5.95 Å². The number of H-pyrrole nitrogens is 1. The zero-order valence-corrected chi connectivity index (χ0v) is 19.6. The van der Waals surface area contributed by atoms with Gasteiger partial charge >= 0.3 is 0 Å². The van der Waals surface area contributed by atoms with E-state index in [1.165, 1.54) is 11.1 Å². The third-order valence-electron chi connectivity index (χ3n) is 6.31. The van der Waals surface area contributed by atoms with E-state index in [-0.39, 0.29) is 30.8 Å². The molecule has 2 aromatic carbocycles. The molecule has 1 fully saturated rings. The molecule has 7 nitrogen and oxygen atoms in total. The number of para-hydroxylation sites is 2. The fourth-order valence-electron chi connectivity index (χ4n) is 4.44. The molecule has 3 aromatic rings. The van der Waals surface area contributed by atoms with Crippen LogP contribution in [0.2, 0.25) is 0 Å². The average molecular weight is 477 g/mol. The number of benzene rings is 2. The number of hydrogen-bond donors (Lipinski definition) is 3. The van der Waals surface area contributed by atoms with Gasteiger partial charge in [-0.2, -0.15) is 0 Å². The molecule has 2 aliphatic heterocycles. The van der Waals surface area contributed by atoms with E-state index >= 15 is 0 Å². The first-order valence-corrected chi connectivity index (χ1v) is 10.7. The molecule has 0 amide bonds. The van der Waals surface area contributed by atoms with Gasteiger partial charge in [0.05, 0.1) is 17.6 Å². The lowest BCUT2D eigenvalue weighted by Gasteiger charge is -2.32. The Balaban J connectivity index is 0.00000144. The summed E-state index contributed by atoms with van der Waals surface area (Å²) in [4.78, 5) is 12.4. The highest BCUT2D eigenvalue weighted by molar-refractivity contribution is 5.85. The molecule has 9 heteroatoms. The highest BCUT2D eigenvalue weighted by Gasteiger charge is 2.22. The predicted molar refractivity (Wildman–Crippen MR) is 133 cm³/mol. The molecule has 0 radical (unpaired) electrons. The first-order chi connectivity index (χ1) is 14.7. The molecule has 0 unspecified atom stereocenters. The standard InChI is InChI=1S/C23H28N6O.2ClH/c24-22(25)29-12-9-17-5-6-19(13-18(17)14-29)30-15-16-7-10-28(11-8-16)23-26-20-3-1-2-4-21(20)27-23;;/h1-6,13,16H,7-12,14-15H2,(H3,24,25)(H,26,27);2*1H. The Kier molecular flexibility index (Phi) is 7.74. The summed E-state index contributed by atoms with van der Waals surface area (Å²) in [5.74, 6) is 2.58. The van der Waals surface area contributed by atoms with Crippen LogP contribution in [0, 0.1) is 11.3 Å². The van der Waals surface area contributed by atoms with Crippen molar-refractivity contribution in [2.75, 3.05) is 31.1 Å². The summed E-state index contributed by atoms with van der Waals surface area (Å²) in [6.45, 7) is 4.23. The molecule has 1 aromatic heterocycles. The number of nitrogens with one attached hydrogen (secondary N) is 2. The molecule has 0 aliphatic carbocycles. The molecular weight excluding hydrogens is 447 g/mol. The number of aromatic nitrogens is 2.